The van der Waals surface area contributed by atoms with Crippen LogP contribution in [-0.4, -0.2) is 36.0 Å². The Balaban J connectivity index is 1.32. The fraction of sp³-hybridized carbons (Fsp3) is 0.150. The van der Waals surface area contributed by atoms with Crippen LogP contribution in [0.25, 0.3) is 11.4 Å². The summed E-state index contributed by atoms with van der Waals surface area (Å²) in [5.74, 6) is 0.629. The number of tetrazole rings is 1. The first-order valence-electron chi connectivity index (χ1n) is 9.10. The second-order valence-corrected chi connectivity index (χ2v) is 6.53. The molecule has 9 heteroatoms. The number of urea groups is 1. The normalized spacial score (nSPS) is 10.7. The van der Waals surface area contributed by atoms with Crippen molar-refractivity contribution in [3.05, 3.63) is 78.1 Å². The molecule has 0 radical (unpaired) electrons. The minimum Gasteiger partial charge on any atom is -0.334 e. The number of hydrogen-bond donors (Lipinski definition) is 2. The summed E-state index contributed by atoms with van der Waals surface area (Å²) in [6, 6.07) is 17.1. The molecule has 2 aromatic heterocycles. The molecule has 2 amide bonds. The highest BCUT2D eigenvalue weighted by Gasteiger charge is 2.08. The molecule has 0 saturated carbocycles. The fourth-order valence-electron chi connectivity index (χ4n) is 2.91. The molecule has 0 aliphatic rings. The number of carbonyl (C=O) groups excluding carboxylic acids is 1. The van der Waals surface area contributed by atoms with Gasteiger partial charge >= 0.3 is 6.03 Å². The van der Waals surface area contributed by atoms with Crippen molar-refractivity contribution in [1.82, 2.24) is 35.3 Å². The van der Waals surface area contributed by atoms with Gasteiger partial charge in [0.15, 0.2) is 5.82 Å². The van der Waals surface area contributed by atoms with Crippen LogP contribution in [0.3, 0.4) is 0 Å². The average molecular weight is 388 g/mol. The van der Waals surface area contributed by atoms with Gasteiger partial charge in [-0.25, -0.2) is 9.48 Å². The number of nitrogens with zero attached hydrogens (tertiary/aromatic N) is 6. The van der Waals surface area contributed by atoms with E-state index in [0.717, 1.165) is 23.2 Å². The minimum atomic E-state index is -0.279. The van der Waals surface area contributed by atoms with Crippen LogP contribution in [0, 0.1) is 0 Å². The van der Waals surface area contributed by atoms with E-state index in [2.05, 4.69) is 31.3 Å². The maximum absolute atomic E-state index is 12.2. The van der Waals surface area contributed by atoms with Crippen LogP contribution in [0.5, 0.6) is 0 Å². The molecular formula is C20H20N8O. The van der Waals surface area contributed by atoms with Gasteiger partial charge in [-0.05, 0) is 39.8 Å². The molecule has 0 unspecified atom stereocenters. The van der Waals surface area contributed by atoms with Crippen molar-refractivity contribution in [2.75, 3.05) is 5.32 Å². The number of hydrogen-bond acceptors (Lipinski definition) is 5. The number of carbonyl (C=O) groups is 1. The van der Waals surface area contributed by atoms with Crippen molar-refractivity contribution >= 4 is 11.7 Å². The zero-order valence-electron chi connectivity index (χ0n) is 15.9. The van der Waals surface area contributed by atoms with Gasteiger partial charge in [-0.15, -0.1) is 5.10 Å². The van der Waals surface area contributed by atoms with Crippen LogP contribution in [0.4, 0.5) is 10.5 Å². The first kappa shape index (κ1) is 18.4. The summed E-state index contributed by atoms with van der Waals surface area (Å²) < 4.78 is 3.45. The number of anilines is 1. The number of nitrogens with one attached hydrogen (secondary N) is 2. The van der Waals surface area contributed by atoms with Crippen molar-refractivity contribution in [3.63, 3.8) is 0 Å². The van der Waals surface area contributed by atoms with Gasteiger partial charge in [0, 0.05) is 37.2 Å². The first-order valence-corrected chi connectivity index (χ1v) is 9.10. The molecule has 146 valence electrons. The third kappa shape index (κ3) is 4.64. The molecule has 2 N–H and O–H groups in total. The Hall–Kier alpha value is -4.01. The maximum atomic E-state index is 12.2. The third-order valence-electron chi connectivity index (χ3n) is 4.38. The number of aryl methyl sites for hydroxylation is 1. The molecule has 0 aliphatic carbocycles. The van der Waals surface area contributed by atoms with Gasteiger partial charge in [-0.3, -0.25) is 4.68 Å². The largest absolute Gasteiger partial charge is 0.334 e. The van der Waals surface area contributed by atoms with Gasteiger partial charge in [-0.1, -0.05) is 36.4 Å². The molecule has 9 nitrogen and oxygen atoms in total. The molecule has 0 aliphatic heterocycles. The predicted octanol–water partition coefficient (Wildman–Crippen LogP) is 2.44. The Morgan fingerprint density at radius 1 is 1.07 bits per heavy atom. The van der Waals surface area contributed by atoms with Crippen molar-refractivity contribution in [3.8, 4) is 11.4 Å². The summed E-state index contributed by atoms with van der Waals surface area (Å²) in [6.07, 6.45) is 3.69. The summed E-state index contributed by atoms with van der Waals surface area (Å²) in [5.41, 5.74) is 3.65. The molecule has 2 heterocycles. The van der Waals surface area contributed by atoms with Crippen molar-refractivity contribution < 1.29 is 4.79 Å². The second-order valence-electron chi connectivity index (χ2n) is 6.53. The lowest BCUT2D eigenvalue weighted by Crippen LogP contribution is -2.28. The van der Waals surface area contributed by atoms with E-state index in [-0.39, 0.29) is 6.03 Å². The molecule has 4 rings (SSSR count). The van der Waals surface area contributed by atoms with Gasteiger partial charge in [-0.2, -0.15) is 5.10 Å². The van der Waals surface area contributed by atoms with Crippen molar-refractivity contribution in [1.29, 1.82) is 0 Å². The van der Waals surface area contributed by atoms with E-state index >= 15 is 0 Å². The number of benzene rings is 2. The van der Waals surface area contributed by atoms with E-state index in [1.807, 2.05) is 65.5 Å². The van der Waals surface area contributed by atoms with Crippen LogP contribution in [0.2, 0.25) is 0 Å². The van der Waals surface area contributed by atoms with Gasteiger partial charge in [0.1, 0.15) is 0 Å². The minimum absolute atomic E-state index is 0.279. The Kier molecular flexibility index (Phi) is 5.28. The van der Waals surface area contributed by atoms with Crippen LogP contribution in [0.1, 0.15) is 11.1 Å². The first-order chi connectivity index (χ1) is 14.2. The highest BCUT2D eigenvalue weighted by molar-refractivity contribution is 5.89. The molecule has 0 atom stereocenters. The zero-order valence-corrected chi connectivity index (χ0v) is 15.9. The topological polar surface area (TPSA) is 103 Å². The summed E-state index contributed by atoms with van der Waals surface area (Å²) in [7, 11) is 1.77. The highest BCUT2D eigenvalue weighted by Crippen LogP contribution is 2.19. The van der Waals surface area contributed by atoms with Gasteiger partial charge in [0.25, 0.3) is 0 Å². The SMILES string of the molecule is Cn1nnnc1-c1cccc(NC(=O)NCc2ccc(Cn3cccn3)cc2)c1. The monoisotopic (exact) mass is 388 g/mol. The van der Waals surface area contributed by atoms with Crippen molar-refractivity contribution in [2.45, 2.75) is 13.1 Å². The van der Waals surface area contributed by atoms with Gasteiger partial charge in [0.05, 0.1) is 6.54 Å². The molecular weight excluding hydrogens is 368 g/mol. The number of amides is 2. The van der Waals surface area contributed by atoms with E-state index in [4.69, 9.17) is 0 Å². The summed E-state index contributed by atoms with van der Waals surface area (Å²) in [6.45, 7) is 1.15. The lowest BCUT2D eigenvalue weighted by Gasteiger charge is -2.09. The highest BCUT2D eigenvalue weighted by atomic mass is 16.2. The zero-order chi connectivity index (χ0) is 20.1. The Bertz CT molecular complexity index is 1090. The van der Waals surface area contributed by atoms with E-state index < -0.39 is 0 Å². The van der Waals surface area contributed by atoms with E-state index in [9.17, 15) is 4.79 Å². The lowest BCUT2D eigenvalue weighted by molar-refractivity contribution is 0.251. The lowest BCUT2D eigenvalue weighted by atomic mass is 10.1. The second kappa shape index (κ2) is 8.34. The van der Waals surface area contributed by atoms with Gasteiger partial charge in [0.2, 0.25) is 0 Å². The summed E-state index contributed by atoms with van der Waals surface area (Å²) >= 11 is 0. The van der Waals surface area contributed by atoms with Crippen LogP contribution >= 0.6 is 0 Å². The molecule has 0 bridgehead atoms. The maximum Gasteiger partial charge on any atom is 0.319 e. The molecule has 29 heavy (non-hydrogen) atoms. The number of rotatable bonds is 6. The van der Waals surface area contributed by atoms with Crippen LogP contribution in [-0.2, 0) is 20.1 Å². The van der Waals surface area contributed by atoms with Crippen LogP contribution < -0.4 is 10.6 Å². The standard InChI is InChI=1S/C20H20N8O/c1-27-19(24-25-26-27)17-4-2-5-18(12-17)23-20(29)21-13-15-6-8-16(9-7-15)14-28-11-3-10-22-28/h2-12H,13-14H2,1H3,(H2,21,23,29). The molecule has 0 saturated heterocycles. The Morgan fingerprint density at radius 2 is 1.90 bits per heavy atom. The quantitative estimate of drug-likeness (QED) is 0.528. The Labute approximate surface area is 167 Å². The fourth-order valence-corrected chi connectivity index (χ4v) is 2.91. The Morgan fingerprint density at radius 3 is 2.62 bits per heavy atom. The smallest absolute Gasteiger partial charge is 0.319 e. The summed E-state index contributed by atoms with van der Waals surface area (Å²) in [5, 5.41) is 21.3. The van der Waals surface area contributed by atoms with E-state index in [1.165, 1.54) is 0 Å². The molecule has 0 fully saturated rings. The predicted molar refractivity (Wildman–Crippen MR) is 108 cm³/mol. The number of aromatic nitrogens is 6. The molecule has 2 aromatic carbocycles. The molecule has 0 spiro atoms. The van der Waals surface area contributed by atoms with E-state index in [0.29, 0.717) is 18.1 Å². The average Bonchev–Trinajstić information content (AvgIpc) is 3.39. The third-order valence-corrected chi connectivity index (χ3v) is 4.38. The van der Waals surface area contributed by atoms with Gasteiger partial charge < -0.3 is 10.6 Å². The molecule has 4 aromatic rings. The van der Waals surface area contributed by atoms with E-state index in [1.54, 1.807) is 17.9 Å². The van der Waals surface area contributed by atoms with Crippen LogP contribution in [0.15, 0.2) is 67.0 Å². The summed E-state index contributed by atoms with van der Waals surface area (Å²) in [4.78, 5) is 12.2. The van der Waals surface area contributed by atoms with Crippen molar-refractivity contribution in [2.24, 2.45) is 7.05 Å².